The maximum Gasteiger partial charge on any atom is 0.0716 e. The zero-order valence-corrected chi connectivity index (χ0v) is 11.4. The first-order valence-corrected chi connectivity index (χ1v) is 6.07. The molecule has 0 saturated carbocycles. The molecule has 0 fully saturated rings. The summed E-state index contributed by atoms with van der Waals surface area (Å²) >= 11 is 0. The fourth-order valence-electron chi connectivity index (χ4n) is 1.92. The fourth-order valence-corrected chi connectivity index (χ4v) is 1.92. The molecule has 1 unspecified atom stereocenters. The lowest BCUT2D eigenvalue weighted by Crippen LogP contribution is -2.35. The highest BCUT2D eigenvalue weighted by atomic mass is 16.5. The van der Waals surface area contributed by atoms with Crippen molar-refractivity contribution in [3.05, 3.63) is 35.4 Å². The van der Waals surface area contributed by atoms with E-state index in [0.29, 0.717) is 12.6 Å². The van der Waals surface area contributed by atoms with E-state index < -0.39 is 0 Å². The maximum absolute atomic E-state index is 5.20. The quantitative estimate of drug-likeness (QED) is 0.782. The maximum atomic E-state index is 5.20. The van der Waals surface area contributed by atoms with Gasteiger partial charge in [0.2, 0.25) is 0 Å². The van der Waals surface area contributed by atoms with Gasteiger partial charge in [0.15, 0.2) is 0 Å². The van der Waals surface area contributed by atoms with E-state index >= 15 is 0 Å². The second-order valence-electron chi connectivity index (χ2n) is 4.75. The van der Waals surface area contributed by atoms with Crippen LogP contribution in [0.1, 0.15) is 18.1 Å². The summed E-state index contributed by atoms with van der Waals surface area (Å²) < 4.78 is 5.20. The van der Waals surface area contributed by atoms with E-state index in [-0.39, 0.29) is 0 Å². The molecule has 0 aliphatic rings. The summed E-state index contributed by atoms with van der Waals surface area (Å²) in [5.41, 5.74) is 2.58. The van der Waals surface area contributed by atoms with E-state index in [1.807, 2.05) is 0 Å². The van der Waals surface area contributed by atoms with Crippen molar-refractivity contribution in [1.82, 2.24) is 10.2 Å². The number of nitrogens with zero attached hydrogens (tertiary/aromatic N) is 1. The Hall–Kier alpha value is -0.900. The van der Waals surface area contributed by atoms with Crippen LogP contribution >= 0.6 is 0 Å². The molecule has 0 bridgehead atoms. The van der Waals surface area contributed by atoms with Gasteiger partial charge in [0.25, 0.3) is 0 Å². The van der Waals surface area contributed by atoms with E-state index in [9.17, 15) is 0 Å². The molecule has 0 saturated heterocycles. The highest BCUT2D eigenvalue weighted by Crippen LogP contribution is 2.09. The molecule has 1 atom stereocenters. The predicted octanol–water partition coefficient (Wildman–Crippen LogP) is 1.87. The molecular weight excluding hydrogens is 212 g/mol. The number of likely N-dealkylation sites (N-methyl/N-ethyl adjacent to an activating group) is 1. The van der Waals surface area contributed by atoms with Gasteiger partial charge >= 0.3 is 0 Å². The van der Waals surface area contributed by atoms with Gasteiger partial charge in [0.05, 0.1) is 6.61 Å². The van der Waals surface area contributed by atoms with E-state index in [2.05, 4.69) is 55.5 Å². The van der Waals surface area contributed by atoms with Gasteiger partial charge in [-0.25, -0.2) is 0 Å². The van der Waals surface area contributed by atoms with Gasteiger partial charge in [0.1, 0.15) is 0 Å². The summed E-state index contributed by atoms with van der Waals surface area (Å²) in [5, 5.41) is 3.53. The van der Waals surface area contributed by atoms with Crippen molar-refractivity contribution in [3.8, 4) is 0 Å². The Balaban J connectivity index is 2.50. The number of benzene rings is 1. The van der Waals surface area contributed by atoms with Crippen LogP contribution in [-0.4, -0.2) is 38.7 Å². The molecule has 1 N–H and O–H groups in total. The first-order chi connectivity index (χ1) is 8.13. The van der Waals surface area contributed by atoms with E-state index in [1.54, 1.807) is 7.11 Å². The van der Waals surface area contributed by atoms with Crippen LogP contribution in [0.25, 0.3) is 0 Å². The van der Waals surface area contributed by atoms with Crippen LogP contribution in [-0.2, 0) is 17.9 Å². The molecule has 0 radical (unpaired) electrons. The summed E-state index contributed by atoms with van der Waals surface area (Å²) in [6.45, 7) is 4.83. The molecule has 1 aromatic carbocycles. The summed E-state index contributed by atoms with van der Waals surface area (Å²) in [6.07, 6.45) is 0. The van der Waals surface area contributed by atoms with Gasteiger partial charge in [-0.05, 0) is 32.1 Å². The Labute approximate surface area is 105 Å². The lowest BCUT2D eigenvalue weighted by Gasteiger charge is -2.19. The third kappa shape index (κ3) is 5.31. The van der Waals surface area contributed by atoms with Gasteiger partial charge in [-0.3, -0.25) is 0 Å². The van der Waals surface area contributed by atoms with Crippen LogP contribution < -0.4 is 5.32 Å². The molecule has 96 valence electrons. The number of rotatable bonds is 7. The normalized spacial score (nSPS) is 13.0. The highest BCUT2D eigenvalue weighted by molar-refractivity contribution is 5.26. The van der Waals surface area contributed by atoms with Crippen molar-refractivity contribution < 1.29 is 4.74 Å². The molecule has 3 heteroatoms. The standard InChI is InChI=1S/C14H24N2O/c1-12(10-16(2)3)15-9-13-7-5-6-8-14(13)11-17-4/h5-8,12,15H,9-11H2,1-4H3. The minimum absolute atomic E-state index is 0.487. The Morgan fingerprint density at radius 3 is 2.47 bits per heavy atom. The van der Waals surface area contributed by atoms with Crippen molar-refractivity contribution in [3.63, 3.8) is 0 Å². The lowest BCUT2D eigenvalue weighted by molar-refractivity contribution is 0.184. The molecule has 0 aromatic heterocycles. The smallest absolute Gasteiger partial charge is 0.0716 e. The second kappa shape index (κ2) is 7.43. The second-order valence-corrected chi connectivity index (χ2v) is 4.75. The van der Waals surface area contributed by atoms with Crippen LogP contribution in [0, 0.1) is 0 Å². The van der Waals surface area contributed by atoms with E-state index in [4.69, 9.17) is 4.74 Å². The third-order valence-corrected chi connectivity index (χ3v) is 2.70. The Morgan fingerprint density at radius 2 is 1.88 bits per heavy atom. The van der Waals surface area contributed by atoms with Gasteiger partial charge < -0.3 is 15.0 Å². The van der Waals surface area contributed by atoms with Crippen LogP contribution in [0.2, 0.25) is 0 Å². The van der Waals surface area contributed by atoms with E-state index in [1.165, 1.54) is 11.1 Å². The zero-order valence-electron chi connectivity index (χ0n) is 11.4. The monoisotopic (exact) mass is 236 g/mol. The molecule has 0 heterocycles. The number of methoxy groups -OCH3 is 1. The minimum Gasteiger partial charge on any atom is -0.380 e. The lowest BCUT2D eigenvalue weighted by atomic mass is 10.1. The fraction of sp³-hybridized carbons (Fsp3) is 0.571. The molecular formula is C14H24N2O. The Morgan fingerprint density at radius 1 is 1.24 bits per heavy atom. The average Bonchev–Trinajstić information content (AvgIpc) is 2.27. The minimum atomic E-state index is 0.487. The first kappa shape index (κ1) is 14.2. The topological polar surface area (TPSA) is 24.5 Å². The summed E-state index contributed by atoms with van der Waals surface area (Å²) in [5.74, 6) is 0. The van der Waals surface area contributed by atoms with Gasteiger partial charge in [-0.2, -0.15) is 0 Å². The van der Waals surface area contributed by atoms with Crippen LogP contribution in [0.15, 0.2) is 24.3 Å². The van der Waals surface area contributed by atoms with Crippen LogP contribution in [0.5, 0.6) is 0 Å². The van der Waals surface area contributed by atoms with Crippen molar-refractivity contribution in [2.45, 2.75) is 26.1 Å². The van der Waals surface area contributed by atoms with Gasteiger partial charge in [-0.15, -0.1) is 0 Å². The Kier molecular flexibility index (Phi) is 6.19. The van der Waals surface area contributed by atoms with Crippen molar-refractivity contribution >= 4 is 0 Å². The molecule has 0 spiro atoms. The number of nitrogens with one attached hydrogen (secondary N) is 1. The first-order valence-electron chi connectivity index (χ1n) is 6.07. The molecule has 1 aromatic rings. The molecule has 3 nitrogen and oxygen atoms in total. The molecule has 0 aliphatic heterocycles. The Bertz CT molecular complexity index is 326. The number of ether oxygens (including phenoxy) is 1. The predicted molar refractivity (Wildman–Crippen MR) is 72.0 cm³/mol. The largest absolute Gasteiger partial charge is 0.380 e. The summed E-state index contributed by atoms with van der Waals surface area (Å²) in [4.78, 5) is 2.19. The molecule has 1 rings (SSSR count). The number of hydrogen-bond acceptors (Lipinski definition) is 3. The van der Waals surface area contributed by atoms with Crippen molar-refractivity contribution in [1.29, 1.82) is 0 Å². The molecule has 0 aliphatic carbocycles. The van der Waals surface area contributed by atoms with Crippen LogP contribution in [0.3, 0.4) is 0 Å². The zero-order chi connectivity index (χ0) is 12.7. The van der Waals surface area contributed by atoms with Crippen molar-refractivity contribution in [2.24, 2.45) is 0 Å². The number of hydrogen-bond donors (Lipinski definition) is 1. The van der Waals surface area contributed by atoms with Gasteiger partial charge in [-0.1, -0.05) is 24.3 Å². The SMILES string of the molecule is COCc1ccccc1CNC(C)CN(C)C. The summed E-state index contributed by atoms with van der Waals surface area (Å²) in [6, 6.07) is 8.90. The highest BCUT2D eigenvalue weighted by Gasteiger charge is 2.05. The summed E-state index contributed by atoms with van der Waals surface area (Å²) in [7, 11) is 5.92. The van der Waals surface area contributed by atoms with E-state index in [0.717, 1.165) is 13.1 Å². The molecule has 17 heavy (non-hydrogen) atoms. The van der Waals surface area contributed by atoms with Crippen LogP contribution in [0.4, 0.5) is 0 Å². The average molecular weight is 236 g/mol. The third-order valence-electron chi connectivity index (χ3n) is 2.70. The van der Waals surface area contributed by atoms with Crippen molar-refractivity contribution in [2.75, 3.05) is 27.7 Å². The molecule has 0 amide bonds. The van der Waals surface area contributed by atoms with Gasteiger partial charge in [0, 0.05) is 26.2 Å².